The number of nitrogens with one attached hydrogen (secondary N) is 2. The lowest BCUT2D eigenvalue weighted by Gasteiger charge is -2.26. The highest BCUT2D eigenvalue weighted by molar-refractivity contribution is 5.89. The number of anilines is 1. The quantitative estimate of drug-likeness (QED) is 0.606. The van der Waals surface area contributed by atoms with Gasteiger partial charge in [0.1, 0.15) is 5.75 Å². The van der Waals surface area contributed by atoms with Crippen molar-refractivity contribution < 1.29 is 14.6 Å². The third kappa shape index (κ3) is 8.45. The molecule has 2 amide bonds. The van der Waals surface area contributed by atoms with Crippen LogP contribution in [0.15, 0.2) is 24.3 Å². The Morgan fingerprint density at radius 3 is 2.78 bits per heavy atom. The first kappa shape index (κ1) is 19.3. The van der Waals surface area contributed by atoms with Gasteiger partial charge in [0.15, 0.2) is 0 Å². The molecular weight excluding hydrogens is 292 g/mol. The molecule has 1 unspecified atom stereocenters. The second-order valence-corrected chi connectivity index (χ2v) is 6.75. The molecule has 0 aliphatic rings. The average Bonchev–Trinajstić information content (AvgIpc) is 2.45. The van der Waals surface area contributed by atoms with Crippen molar-refractivity contribution in [2.24, 2.45) is 5.41 Å². The number of urea groups is 1. The number of carbonyl (C=O) groups excluding carboxylic acids is 1. The third-order valence-electron chi connectivity index (χ3n) is 3.43. The lowest BCUT2D eigenvalue weighted by atomic mass is 9.87. The van der Waals surface area contributed by atoms with Gasteiger partial charge in [-0.2, -0.15) is 0 Å². The Kier molecular flexibility index (Phi) is 7.89. The second-order valence-electron chi connectivity index (χ2n) is 6.75. The number of aliphatic hydroxyl groups is 1. The average molecular weight is 322 g/mol. The monoisotopic (exact) mass is 322 g/mol. The highest BCUT2D eigenvalue weighted by atomic mass is 16.5. The number of rotatable bonds is 9. The van der Waals surface area contributed by atoms with Crippen LogP contribution in [0, 0.1) is 5.41 Å². The molecule has 0 saturated heterocycles. The van der Waals surface area contributed by atoms with E-state index in [2.05, 4.69) is 17.6 Å². The predicted molar refractivity (Wildman–Crippen MR) is 93.9 cm³/mol. The first-order valence-electron chi connectivity index (χ1n) is 8.28. The Hall–Kier alpha value is -1.75. The van der Waals surface area contributed by atoms with E-state index in [1.807, 2.05) is 38.1 Å². The van der Waals surface area contributed by atoms with Crippen molar-refractivity contribution in [1.29, 1.82) is 0 Å². The normalized spacial score (nSPS) is 12.6. The van der Waals surface area contributed by atoms with Gasteiger partial charge in [0.2, 0.25) is 0 Å². The summed E-state index contributed by atoms with van der Waals surface area (Å²) in [5, 5.41) is 15.1. The summed E-state index contributed by atoms with van der Waals surface area (Å²) in [6.07, 6.45) is 2.35. The minimum absolute atomic E-state index is 0.156. The van der Waals surface area contributed by atoms with Crippen molar-refractivity contribution in [1.82, 2.24) is 5.32 Å². The van der Waals surface area contributed by atoms with E-state index in [1.54, 1.807) is 6.92 Å². The van der Waals surface area contributed by atoms with Crippen molar-refractivity contribution in [3.63, 3.8) is 0 Å². The van der Waals surface area contributed by atoms with Crippen LogP contribution >= 0.6 is 0 Å². The molecule has 1 atom stereocenters. The van der Waals surface area contributed by atoms with Crippen LogP contribution < -0.4 is 15.4 Å². The number of carbonyl (C=O) groups is 1. The fourth-order valence-corrected chi connectivity index (χ4v) is 2.36. The van der Waals surface area contributed by atoms with E-state index in [1.165, 1.54) is 0 Å². The second kappa shape index (κ2) is 9.40. The third-order valence-corrected chi connectivity index (χ3v) is 3.43. The van der Waals surface area contributed by atoms with Crippen LogP contribution in [0.3, 0.4) is 0 Å². The number of benzene rings is 1. The molecule has 23 heavy (non-hydrogen) atoms. The smallest absolute Gasteiger partial charge is 0.319 e. The Labute approximate surface area is 139 Å². The van der Waals surface area contributed by atoms with Crippen LogP contribution in [-0.4, -0.2) is 30.4 Å². The van der Waals surface area contributed by atoms with E-state index in [4.69, 9.17) is 4.74 Å². The van der Waals surface area contributed by atoms with Crippen molar-refractivity contribution in [2.75, 3.05) is 18.5 Å². The number of aliphatic hydroxyl groups excluding tert-OH is 1. The number of amides is 2. The summed E-state index contributed by atoms with van der Waals surface area (Å²) in [4.78, 5) is 12.0. The fraction of sp³-hybridized carbons (Fsp3) is 0.611. The summed E-state index contributed by atoms with van der Waals surface area (Å²) < 4.78 is 5.63. The summed E-state index contributed by atoms with van der Waals surface area (Å²) in [6, 6.07) is 7.12. The van der Waals surface area contributed by atoms with Crippen LogP contribution in [-0.2, 0) is 0 Å². The first-order chi connectivity index (χ1) is 10.8. The first-order valence-corrected chi connectivity index (χ1v) is 8.28. The minimum Gasteiger partial charge on any atom is -0.494 e. The lowest BCUT2D eigenvalue weighted by Crippen LogP contribution is -2.38. The minimum atomic E-state index is -0.383. The van der Waals surface area contributed by atoms with Gasteiger partial charge in [-0.05, 0) is 37.3 Å². The number of unbranched alkanes of at least 4 members (excludes halogenated alkanes) is 1. The molecule has 0 fully saturated rings. The highest BCUT2D eigenvalue weighted by Crippen LogP contribution is 2.21. The van der Waals surface area contributed by atoms with Crippen molar-refractivity contribution in [2.45, 2.75) is 53.1 Å². The van der Waals surface area contributed by atoms with Gasteiger partial charge >= 0.3 is 6.03 Å². The fourth-order valence-electron chi connectivity index (χ4n) is 2.36. The van der Waals surface area contributed by atoms with Crippen LogP contribution in [0.2, 0.25) is 0 Å². The summed E-state index contributed by atoms with van der Waals surface area (Å²) >= 11 is 0. The largest absolute Gasteiger partial charge is 0.494 e. The van der Waals surface area contributed by atoms with Gasteiger partial charge in [-0.25, -0.2) is 4.79 Å². The van der Waals surface area contributed by atoms with Gasteiger partial charge in [-0.1, -0.05) is 33.3 Å². The van der Waals surface area contributed by atoms with E-state index in [9.17, 15) is 9.90 Å². The Balaban J connectivity index is 2.46. The van der Waals surface area contributed by atoms with Gasteiger partial charge < -0.3 is 20.5 Å². The Morgan fingerprint density at radius 2 is 2.13 bits per heavy atom. The van der Waals surface area contributed by atoms with Crippen molar-refractivity contribution in [3.8, 4) is 5.75 Å². The molecule has 3 N–H and O–H groups in total. The molecule has 0 aliphatic carbocycles. The summed E-state index contributed by atoms with van der Waals surface area (Å²) in [5.74, 6) is 0.755. The molecule has 5 heteroatoms. The van der Waals surface area contributed by atoms with Crippen LogP contribution in [0.1, 0.15) is 47.0 Å². The Morgan fingerprint density at radius 1 is 1.39 bits per heavy atom. The molecule has 0 aliphatic heterocycles. The molecule has 0 radical (unpaired) electrons. The maximum Gasteiger partial charge on any atom is 0.319 e. The van der Waals surface area contributed by atoms with E-state index >= 15 is 0 Å². The molecule has 1 rings (SSSR count). The van der Waals surface area contributed by atoms with Gasteiger partial charge in [-0.3, -0.25) is 0 Å². The number of hydrogen-bond acceptors (Lipinski definition) is 3. The maximum atomic E-state index is 12.0. The number of hydrogen-bond donors (Lipinski definition) is 3. The zero-order valence-electron chi connectivity index (χ0n) is 14.7. The lowest BCUT2D eigenvalue weighted by molar-refractivity contribution is 0.129. The van der Waals surface area contributed by atoms with Gasteiger partial charge in [0, 0.05) is 18.3 Å². The molecule has 0 saturated carbocycles. The molecule has 0 bridgehead atoms. The molecule has 0 spiro atoms. The van der Waals surface area contributed by atoms with Gasteiger partial charge in [0.25, 0.3) is 0 Å². The van der Waals surface area contributed by atoms with E-state index in [0.717, 1.165) is 18.6 Å². The Bertz CT molecular complexity index is 487. The van der Waals surface area contributed by atoms with Crippen LogP contribution in [0.25, 0.3) is 0 Å². The zero-order valence-corrected chi connectivity index (χ0v) is 14.7. The SMILES string of the molecule is CCCCOc1cccc(NC(=O)NCC(C)(C)CC(C)O)c1. The van der Waals surface area contributed by atoms with Crippen LogP contribution in [0.4, 0.5) is 10.5 Å². The topological polar surface area (TPSA) is 70.6 Å². The van der Waals surface area contributed by atoms with E-state index in [0.29, 0.717) is 25.3 Å². The van der Waals surface area contributed by atoms with Gasteiger partial charge in [-0.15, -0.1) is 0 Å². The molecule has 130 valence electrons. The predicted octanol–water partition coefficient (Wildman–Crippen LogP) is 3.78. The highest BCUT2D eigenvalue weighted by Gasteiger charge is 2.21. The molecule has 5 nitrogen and oxygen atoms in total. The molecule has 1 aromatic carbocycles. The molecule has 0 heterocycles. The van der Waals surface area contributed by atoms with Crippen molar-refractivity contribution >= 4 is 11.7 Å². The standard InChI is InChI=1S/C18H30N2O3/c1-5-6-10-23-16-9-7-8-15(11-16)20-17(22)19-13-18(3,4)12-14(2)21/h7-9,11,14,21H,5-6,10,12-13H2,1-4H3,(H2,19,20,22). The molecular formula is C18H30N2O3. The number of ether oxygens (including phenoxy) is 1. The van der Waals surface area contributed by atoms with E-state index in [-0.39, 0.29) is 17.6 Å². The zero-order chi connectivity index (χ0) is 17.3. The van der Waals surface area contributed by atoms with Crippen molar-refractivity contribution in [3.05, 3.63) is 24.3 Å². The summed E-state index contributed by atoms with van der Waals surface area (Å²) in [7, 11) is 0. The van der Waals surface area contributed by atoms with Crippen LogP contribution in [0.5, 0.6) is 5.75 Å². The van der Waals surface area contributed by atoms with Gasteiger partial charge in [0.05, 0.1) is 12.7 Å². The summed E-state index contributed by atoms with van der Waals surface area (Å²) in [6.45, 7) is 9.08. The molecule has 0 aromatic heterocycles. The molecule has 1 aromatic rings. The van der Waals surface area contributed by atoms with E-state index < -0.39 is 0 Å². The maximum absolute atomic E-state index is 12.0. The summed E-state index contributed by atoms with van der Waals surface area (Å²) in [5.41, 5.74) is 0.543.